The lowest BCUT2D eigenvalue weighted by Gasteiger charge is -2.35. The van der Waals surface area contributed by atoms with Crippen molar-refractivity contribution in [3.63, 3.8) is 0 Å². The van der Waals surface area contributed by atoms with Crippen molar-refractivity contribution in [2.24, 2.45) is 11.8 Å². The standard InChI is InChI=1S/C36H49N5O9S/c1-9-23-19-36(23,33(44)39-51(46,47)26-11-12-26)38-30(42)28-18-25(49-31-27-13-10-24(48-8)17-22(27)14-15-37-31)20-41(28)32(43)29(16-21(2)3)40(7)34(45)50-35(4,5)6/h9-10,13-15,17,21,23,25-26,28-29H,1,11-12,16,18-20H2,2-8H3,(H,38,42)(H,39,44)/t23-,25?,28+,29+,36-/m1/s1. The number of carbonyl (C=O) groups excluding carboxylic acids is 4. The van der Waals surface area contributed by atoms with E-state index in [1.165, 1.54) is 22.9 Å². The zero-order valence-corrected chi connectivity index (χ0v) is 31.1. The highest BCUT2D eigenvalue weighted by atomic mass is 32.2. The second-order valence-electron chi connectivity index (χ2n) is 15.1. The van der Waals surface area contributed by atoms with Gasteiger partial charge < -0.3 is 24.4 Å². The van der Waals surface area contributed by atoms with Gasteiger partial charge in [-0.2, -0.15) is 0 Å². The fraction of sp³-hybridized carbons (Fsp3) is 0.583. The number of likely N-dealkylation sites (N-methyl/N-ethyl adjacent to an activating group) is 1. The number of carbonyl (C=O) groups is 4. The van der Waals surface area contributed by atoms with Gasteiger partial charge in [-0.25, -0.2) is 18.2 Å². The van der Waals surface area contributed by atoms with Gasteiger partial charge in [0.25, 0.3) is 5.91 Å². The van der Waals surface area contributed by atoms with Crippen LogP contribution in [0.5, 0.6) is 11.6 Å². The Kier molecular flexibility index (Phi) is 10.6. The van der Waals surface area contributed by atoms with Crippen molar-refractivity contribution in [1.29, 1.82) is 0 Å². The third-order valence-corrected chi connectivity index (χ3v) is 11.3. The second-order valence-corrected chi connectivity index (χ2v) is 17.1. The van der Waals surface area contributed by atoms with Gasteiger partial charge in [0.1, 0.15) is 35.1 Å². The Morgan fingerprint density at radius 3 is 2.47 bits per heavy atom. The van der Waals surface area contributed by atoms with E-state index in [2.05, 4.69) is 21.6 Å². The quantitative estimate of drug-likeness (QED) is 0.291. The van der Waals surface area contributed by atoms with Gasteiger partial charge in [0.2, 0.25) is 27.7 Å². The van der Waals surface area contributed by atoms with Crippen LogP contribution < -0.4 is 19.5 Å². The molecule has 0 spiro atoms. The highest BCUT2D eigenvalue weighted by Gasteiger charge is 2.62. The van der Waals surface area contributed by atoms with Crippen molar-refractivity contribution in [1.82, 2.24) is 24.8 Å². The summed E-state index contributed by atoms with van der Waals surface area (Å²) in [6.45, 7) is 12.8. The fourth-order valence-electron chi connectivity index (χ4n) is 6.42. The first-order valence-electron chi connectivity index (χ1n) is 17.3. The molecule has 1 aliphatic heterocycles. The van der Waals surface area contributed by atoms with E-state index in [4.69, 9.17) is 14.2 Å². The molecule has 5 atom stereocenters. The average Bonchev–Trinajstić information content (AvgIpc) is 3.98. The van der Waals surface area contributed by atoms with Crippen molar-refractivity contribution in [2.75, 3.05) is 20.7 Å². The summed E-state index contributed by atoms with van der Waals surface area (Å²) in [6, 6.07) is 5.13. The first-order valence-corrected chi connectivity index (χ1v) is 18.8. The van der Waals surface area contributed by atoms with Crippen LogP contribution >= 0.6 is 0 Å². The summed E-state index contributed by atoms with van der Waals surface area (Å²) in [5, 5.41) is 3.67. The summed E-state index contributed by atoms with van der Waals surface area (Å²) < 4.78 is 44.8. The van der Waals surface area contributed by atoms with Gasteiger partial charge in [0, 0.05) is 31.0 Å². The molecule has 5 rings (SSSR count). The molecule has 3 aliphatic rings. The molecule has 4 amide bonds. The molecule has 1 saturated heterocycles. The zero-order chi connectivity index (χ0) is 37.5. The van der Waals surface area contributed by atoms with Crippen molar-refractivity contribution < 1.29 is 41.8 Å². The van der Waals surface area contributed by atoms with Gasteiger partial charge in [-0.15, -0.1) is 6.58 Å². The topological polar surface area (TPSA) is 174 Å². The van der Waals surface area contributed by atoms with Crippen LogP contribution in [0.1, 0.15) is 66.7 Å². The minimum absolute atomic E-state index is 0.0113. The summed E-state index contributed by atoms with van der Waals surface area (Å²) in [4.78, 5) is 62.5. The molecule has 2 saturated carbocycles. The Labute approximate surface area is 299 Å². The SMILES string of the molecule is C=C[C@@H]1C[C@]1(NC(=O)[C@@H]1CC(Oc2nccc3cc(OC)ccc23)CN1C(=O)[C@H](CC(C)C)N(C)C(=O)OC(C)(C)C)C(=O)NS(=O)(=O)C1CC1. The van der Waals surface area contributed by atoms with E-state index in [9.17, 15) is 27.6 Å². The first-order chi connectivity index (χ1) is 23.9. The van der Waals surface area contributed by atoms with E-state index < -0.39 is 74.3 Å². The Balaban J connectivity index is 1.45. The van der Waals surface area contributed by atoms with Gasteiger partial charge in [-0.3, -0.25) is 24.0 Å². The Morgan fingerprint density at radius 1 is 1.18 bits per heavy atom. The van der Waals surface area contributed by atoms with Crippen molar-refractivity contribution in [2.45, 2.75) is 101 Å². The van der Waals surface area contributed by atoms with Crippen LogP contribution in [0.25, 0.3) is 10.8 Å². The molecule has 1 aromatic carbocycles. The Bertz CT molecular complexity index is 1810. The predicted molar refractivity (Wildman–Crippen MR) is 189 cm³/mol. The van der Waals surface area contributed by atoms with Crippen LogP contribution in [-0.2, 0) is 29.1 Å². The molecule has 15 heteroatoms. The molecule has 2 aromatic rings. The lowest BCUT2D eigenvalue weighted by atomic mass is 10.0. The number of methoxy groups -OCH3 is 1. The van der Waals surface area contributed by atoms with Crippen molar-refractivity contribution in [3.05, 3.63) is 43.1 Å². The van der Waals surface area contributed by atoms with Crippen LogP contribution in [0, 0.1) is 11.8 Å². The van der Waals surface area contributed by atoms with Crippen molar-refractivity contribution >= 4 is 44.6 Å². The second kappa shape index (κ2) is 14.3. The van der Waals surface area contributed by atoms with E-state index in [0.29, 0.717) is 29.9 Å². The van der Waals surface area contributed by atoms with Crippen molar-refractivity contribution in [3.8, 4) is 11.6 Å². The number of fused-ring (bicyclic) bond motifs is 1. The molecule has 51 heavy (non-hydrogen) atoms. The predicted octanol–water partition coefficient (Wildman–Crippen LogP) is 3.54. The number of sulfonamides is 1. The number of rotatable bonds is 13. The number of nitrogens with zero attached hydrogens (tertiary/aromatic N) is 3. The lowest BCUT2D eigenvalue weighted by Crippen LogP contribution is -2.58. The van der Waals surface area contributed by atoms with E-state index in [-0.39, 0.29) is 31.7 Å². The molecule has 0 radical (unpaired) electrons. The summed E-state index contributed by atoms with van der Waals surface area (Å²) >= 11 is 0. The molecule has 2 N–H and O–H groups in total. The Morgan fingerprint density at radius 2 is 1.88 bits per heavy atom. The lowest BCUT2D eigenvalue weighted by molar-refractivity contribution is -0.143. The van der Waals surface area contributed by atoms with E-state index in [1.807, 2.05) is 32.0 Å². The van der Waals surface area contributed by atoms with Gasteiger partial charge in [0.05, 0.1) is 18.9 Å². The number of hydrogen-bond donors (Lipinski definition) is 2. The smallest absolute Gasteiger partial charge is 0.410 e. The molecule has 0 bridgehead atoms. The minimum Gasteiger partial charge on any atom is -0.497 e. The van der Waals surface area contributed by atoms with E-state index in [1.54, 1.807) is 40.1 Å². The molecule has 1 unspecified atom stereocenters. The summed E-state index contributed by atoms with van der Waals surface area (Å²) in [5.41, 5.74) is -2.36. The molecule has 2 heterocycles. The molecular formula is C36H49N5O9S. The van der Waals surface area contributed by atoms with Gasteiger partial charge in [0.15, 0.2) is 0 Å². The minimum atomic E-state index is -3.89. The molecule has 14 nitrogen and oxygen atoms in total. The molecule has 1 aromatic heterocycles. The number of amides is 4. The van der Waals surface area contributed by atoms with Gasteiger partial charge in [-0.05, 0) is 82.0 Å². The van der Waals surface area contributed by atoms with Crippen LogP contribution in [0.3, 0.4) is 0 Å². The number of aromatic nitrogens is 1. The summed E-state index contributed by atoms with van der Waals surface area (Å²) in [6.07, 6.45) is 3.08. The van der Waals surface area contributed by atoms with Crippen LogP contribution in [0.2, 0.25) is 0 Å². The monoisotopic (exact) mass is 727 g/mol. The number of likely N-dealkylation sites (tertiary alicyclic amines) is 1. The summed E-state index contributed by atoms with van der Waals surface area (Å²) in [7, 11) is -0.832. The van der Waals surface area contributed by atoms with Gasteiger partial charge in [-0.1, -0.05) is 19.9 Å². The molecule has 2 aliphatic carbocycles. The fourth-order valence-corrected chi connectivity index (χ4v) is 7.79. The van der Waals surface area contributed by atoms with E-state index >= 15 is 0 Å². The highest BCUT2D eigenvalue weighted by molar-refractivity contribution is 7.91. The van der Waals surface area contributed by atoms with Crippen LogP contribution in [-0.4, -0.2) is 102 Å². The molecule has 278 valence electrons. The summed E-state index contributed by atoms with van der Waals surface area (Å²) in [5.74, 6) is -1.57. The first kappa shape index (κ1) is 37.8. The molecule has 3 fully saturated rings. The van der Waals surface area contributed by atoms with Gasteiger partial charge >= 0.3 is 6.09 Å². The number of ether oxygens (including phenoxy) is 3. The Hall–Kier alpha value is -4.40. The average molecular weight is 728 g/mol. The number of pyridine rings is 1. The zero-order valence-electron chi connectivity index (χ0n) is 30.3. The van der Waals surface area contributed by atoms with Crippen LogP contribution in [0.4, 0.5) is 4.79 Å². The molecular weight excluding hydrogens is 678 g/mol. The number of hydrogen-bond acceptors (Lipinski definition) is 10. The largest absolute Gasteiger partial charge is 0.497 e. The number of nitrogens with one attached hydrogen (secondary N) is 2. The van der Waals surface area contributed by atoms with E-state index in [0.717, 1.165) is 5.39 Å². The normalized spacial score (nSPS) is 23.7. The maximum atomic E-state index is 14.5. The highest BCUT2D eigenvalue weighted by Crippen LogP contribution is 2.45. The van der Waals surface area contributed by atoms with Crippen LogP contribution in [0.15, 0.2) is 43.1 Å². The maximum Gasteiger partial charge on any atom is 0.410 e. The maximum absolute atomic E-state index is 14.5. The number of benzene rings is 1. The third kappa shape index (κ3) is 8.40. The third-order valence-electron chi connectivity index (χ3n) is 9.44.